The van der Waals surface area contributed by atoms with Crippen LogP contribution in [0.15, 0.2) is 30.2 Å². The van der Waals surface area contributed by atoms with Gasteiger partial charge in [0.15, 0.2) is 6.29 Å². The minimum atomic E-state index is 0.409. The van der Waals surface area contributed by atoms with E-state index in [0.717, 1.165) is 22.1 Å². The molecule has 19 heavy (non-hydrogen) atoms. The maximum atomic E-state index is 11.0. The van der Waals surface area contributed by atoms with E-state index in [1.165, 1.54) is 17.7 Å². The zero-order chi connectivity index (χ0) is 13.1. The van der Waals surface area contributed by atoms with Crippen molar-refractivity contribution in [1.82, 2.24) is 19.9 Å². The van der Waals surface area contributed by atoms with Crippen LogP contribution >= 0.6 is 11.3 Å². The van der Waals surface area contributed by atoms with Gasteiger partial charge in [0.25, 0.3) is 0 Å². The summed E-state index contributed by atoms with van der Waals surface area (Å²) in [6, 6.07) is 1.87. The van der Waals surface area contributed by atoms with Gasteiger partial charge in [0.2, 0.25) is 5.95 Å². The van der Waals surface area contributed by atoms with Crippen LogP contribution in [0.1, 0.15) is 16.1 Å². The minimum absolute atomic E-state index is 0.409. The summed E-state index contributed by atoms with van der Waals surface area (Å²) in [6.45, 7) is 0.509. The maximum absolute atomic E-state index is 11.0. The summed E-state index contributed by atoms with van der Waals surface area (Å²) in [5.41, 5.74) is 2.10. The molecule has 0 aliphatic rings. The molecule has 0 aliphatic heterocycles. The third-order valence-electron chi connectivity index (χ3n) is 2.51. The topological polar surface area (TPSA) is 80.7 Å². The number of aromatic nitrogens is 4. The van der Waals surface area contributed by atoms with E-state index in [0.29, 0.717) is 18.2 Å². The Kier molecular flexibility index (Phi) is 3.11. The number of hydrogen-bond acceptors (Lipinski definition) is 7. The highest BCUT2D eigenvalue weighted by molar-refractivity contribution is 7.17. The van der Waals surface area contributed by atoms with Crippen LogP contribution in [-0.2, 0) is 6.54 Å². The number of rotatable bonds is 4. The van der Waals surface area contributed by atoms with Gasteiger partial charge >= 0.3 is 0 Å². The van der Waals surface area contributed by atoms with E-state index >= 15 is 0 Å². The fourth-order valence-corrected chi connectivity index (χ4v) is 2.43. The predicted molar refractivity (Wildman–Crippen MR) is 72.2 cm³/mol. The molecule has 0 spiro atoms. The first-order chi connectivity index (χ1) is 9.36. The third kappa shape index (κ3) is 2.41. The Morgan fingerprint density at radius 3 is 2.89 bits per heavy atom. The number of anilines is 1. The highest BCUT2D eigenvalue weighted by Gasteiger charge is 2.08. The van der Waals surface area contributed by atoms with Crippen molar-refractivity contribution >= 4 is 33.8 Å². The molecule has 0 aliphatic carbocycles. The van der Waals surface area contributed by atoms with E-state index in [9.17, 15) is 4.79 Å². The largest absolute Gasteiger partial charge is 0.350 e. The van der Waals surface area contributed by atoms with Crippen LogP contribution in [0, 0.1) is 0 Å². The molecule has 0 atom stereocenters. The molecule has 3 rings (SSSR count). The van der Waals surface area contributed by atoms with Gasteiger partial charge in [-0.2, -0.15) is 0 Å². The van der Waals surface area contributed by atoms with Gasteiger partial charge in [-0.3, -0.25) is 4.79 Å². The summed E-state index contributed by atoms with van der Waals surface area (Å²) in [5.74, 6) is 0.428. The quantitative estimate of drug-likeness (QED) is 0.730. The third-order valence-corrected chi connectivity index (χ3v) is 3.43. The van der Waals surface area contributed by atoms with Crippen LogP contribution in [0.3, 0.4) is 0 Å². The first-order valence-electron chi connectivity index (χ1n) is 5.55. The van der Waals surface area contributed by atoms with Gasteiger partial charge in [0, 0.05) is 24.5 Å². The lowest BCUT2D eigenvalue weighted by Crippen LogP contribution is -2.05. The van der Waals surface area contributed by atoms with Crippen molar-refractivity contribution in [3.63, 3.8) is 0 Å². The minimum Gasteiger partial charge on any atom is -0.350 e. The molecule has 0 amide bonds. The zero-order valence-electron chi connectivity index (χ0n) is 9.78. The van der Waals surface area contributed by atoms with Crippen molar-refractivity contribution in [1.29, 1.82) is 0 Å². The van der Waals surface area contributed by atoms with Gasteiger partial charge in [-0.15, -0.1) is 11.3 Å². The molecule has 0 radical (unpaired) electrons. The second-order valence-corrected chi connectivity index (χ2v) is 4.70. The Morgan fingerprint density at radius 2 is 2.11 bits per heavy atom. The van der Waals surface area contributed by atoms with Gasteiger partial charge in [0.05, 0.1) is 10.2 Å². The molecular formula is C12H9N5OS. The van der Waals surface area contributed by atoms with Crippen molar-refractivity contribution < 1.29 is 4.79 Å². The van der Waals surface area contributed by atoms with Crippen LogP contribution in [0.5, 0.6) is 0 Å². The lowest BCUT2D eigenvalue weighted by Gasteiger charge is -2.05. The first-order valence-corrected chi connectivity index (χ1v) is 6.43. The fraction of sp³-hybridized carbons (Fsp3) is 0.0833. The van der Waals surface area contributed by atoms with E-state index < -0.39 is 0 Å². The average Bonchev–Trinajstić information content (AvgIpc) is 2.93. The van der Waals surface area contributed by atoms with Crippen LogP contribution in [-0.4, -0.2) is 26.2 Å². The van der Waals surface area contributed by atoms with Crippen LogP contribution in [0.2, 0.25) is 0 Å². The number of nitrogens with zero attached hydrogens (tertiary/aromatic N) is 4. The Balaban J connectivity index is 1.87. The van der Waals surface area contributed by atoms with Crippen molar-refractivity contribution in [2.75, 3.05) is 5.32 Å². The van der Waals surface area contributed by atoms with Gasteiger partial charge in [0.1, 0.15) is 12.0 Å². The number of aldehydes is 1. The molecular weight excluding hydrogens is 262 g/mol. The summed E-state index contributed by atoms with van der Waals surface area (Å²) < 4.78 is 0.809. The lowest BCUT2D eigenvalue weighted by atomic mass is 10.3. The number of thiophene rings is 1. The molecule has 7 heteroatoms. The highest BCUT2D eigenvalue weighted by atomic mass is 32.1. The molecule has 3 aromatic heterocycles. The normalized spacial score (nSPS) is 10.5. The zero-order valence-corrected chi connectivity index (χ0v) is 10.6. The summed E-state index contributed by atoms with van der Waals surface area (Å²) in [6.07, 6.45) is 5.65. The van der Waals surface area contributed by atoms with Gasteiger partial charge < -0.3 is 5.32 Å². The summed E-state index contributed by atoms with van der Waals surface area (Å²) >= 11 is 1.46. The Bertz CT molecular complexity index is 712. The molecule has 0 saturated carbocycles. The van der Waals surface area contributed by atoms with E-state index in [2.05, 4.69) is 25.3 Å². The standard InChI is InChI=1S/C12H9N5OS/c18-6-10-11-9(1-2-19-11)16-12(17-10)15-5-8-3-13-7-14-4-8/h1-4,6-7H,5H2,(H,15,16,17). The smallest absolute Gasteiger partial charge is 0.224 e. The van der Waals surface area contributed by atoms with Crippen molar-refractivity contribution in [3.8, 4) is 0 Å². The summed E-state index contributed by atoms with van der Waals surface area (Å²) in [5, 5.41) is 4.95. The monoisotopic (exact) mass is 271 g/mol. The number of fused-ring (bicyclic) bond motifs is 1. The lowest BCUT2D eigenvalue weighted by molar-refractivity contribution is 0.112. The summed E-state index contributed by atoms with van der Waals surface area (Å²) in [4.78, 5) is 27.4. The molecule has 0 bridgehead atoms. The number of carbonyl (C=O) groups excluding carboxylic acids is 1. The molecule has 3 aromatic rings. The number of nitrogens with one attached hydrogen (secondary N) is 1. The molecule has 6 nitrogen and oxygen atoms in total. The Morgan fingerprint density at radius 1 is 1.26 bits per heavy atom. The predicted octanol–water partition coefficient (Wildman–Crippen LogP) is 1.91. The van der Waals surface area contributed by atoms with Crippen molar-refractivity contribution in [2.24, 2.45) is 0 Å². The van der Waals surface area contributed by atoms with Crippen LogP contribution in [0.4, 0.5) is 5.95 Å². The Hall–Kier alpha value is -2.41. The molecule has 0 fully saturated rings. The van der Waals surface area contributed by atoms with Gasteiger partial charge in [-0.25, -0.2) is 19.9 Å². The van der Waals surface area contributed by atoms with E-state index in [4.69, 9.17) is 0 Å². The molecule has 0 aromatic carbocycles. The van der Waals surface area contributed by atoms with Crippen molar-refractivity contribution in [3.05, 3.63) is 41.4 Å². The fourth-order valence-electron chi connectivity index (χ4n) is 1.65. The molecule has 1 N–H and O–H groups in total. The Labute approximate surface area is 112 Å². The van der Waals surface area contributed by atoms with E-state index in [1.54, 1.807) is 12.4 Å². The van der Waals surface area contributed by atoms with Crippen LogP contribution in [0.25, 0.3) is 10.2 Å². The average molecular weight is 271 g/mol. The highest BCUT2D eigenvalue weighted by Crippen LogP contribution is 2.22. The van der Waals surface area contributed by atoms with Crippen LogP contribution < -0.4 is 5.32 Å². The molecule has 94 valence electrons. The van der Waals surface area contributed by atoms with Crippen molar-refractivity contribution in [2.45, 2.75) is 6.54 Å². The second-order valence-electron chi connectivity index (χ2n) is 3.79. The number of carbonyl (C=O) groups is 1. The van der Waals surface area contributed by atoms with Gasteiger partial charge in [-0.1, -0.05) is 0 Å². The van der Waals surface area contributed by atoms with Gasteiger partial charge in [-0.05, 0) is 11.4 Å². The maximum Gasteiger partial charge on any atom is 0.224 e. The molecule has 0 saturated heterocycles. The SMILES string of the molecule is O=Cc1nc(NCc2cncnc2)nc2ccsc12. The first kappa shape index (κ1) is 11.7. The van der Waals surface area contributed by atoms with E-state index in [-0.39, 0.29) is 0 Å². The molecule has 3 heterocycles. The van der Waals surface area contributed by atoms with E-state index in [1.807, 2.05) is 11.4 Å². The molecule has 0 unspecified atom stereocenters. The summed E-state index contributed by atoms with van der Waals surface area (Å²) in [7, 11) is 0. The second kappa shape index (κ2) is 5.07. The number of hydrogen-bond donors (Lipinski definition) is 1.